The highest BCUT2D eigenvalue weighted by atomic mass is 19.2. The van der Waals surface area contributed by atoms with Gasteiger partial charge in [0.15, 0.2) is 11.6 Å². The van der Waals surface area contributed by atoms with Gasteiger partial charge < -0.3 is 5.11 Å². The van der Waals surface area contributed by atoms with E-state index in [4.69, 9.17) is 5.11 Å². The molecular weight excluding hydrogens is 240 g/mol. The van der Waals surface area contributed by atoms with E-state index in [1.165, 1.54) is 12.3 Å². The standard InChI is InChI=1S/C13H9F2NO2/c1-7-4-8(6-16-5-7)9-2-3-10(13(17)18)12(15)11(9)14/h2-6H,1H3,(H,17,18). The van der Waals surface area contributed by atoms with E-state index in [9.17, 15) is 13.6 Å². The Morgan fingerprint density at radius 2 is 1.94 bits per heavy atom. The van der Waals surface area contributed by atoms with E-state index in [-0.39, 0.29) is 5.56 Å². The summed E-state index contributed by atoms with van der Waals surface area (Å²) in [4.78, 5) is 14.5. The van der Waals surface area contributed by atoms with Crippen molar-refractivity contribution in [3.8, 4) is 11.1 Å². The third kappa shape index (κ3) is 2.07. The van der Waals surface area contributed by atoms with E-state index in [0.717, 1.165) is 11.6 Å². The number of carboxylic acid groups (broad SMARTS) is 1. The van der Waals surface area contributed by atoms with Crippen LogP contribution < -0.4 is 0 Å². The van der Waals surface area contributed by atoms with Crippen molar-refractivity contribution in [2.75, 3.05) is 0 Å². The molecule has 0 fully saturated rings. The van der Waals surface area contributed by atoms with Crippen LogP contribution in [0.4, 0.5) is 8.78 Å². The maximum atomic E-state index is 13.8. The molecule has 0 aliphatic rings. The van der Waals surface area contributed by atoms with Gasteiger partial charge >= 0.3 is 5.97 Å². The molecule has 1 heterocycles. The lowest BCUT2D eigenvalue weighted by Gasteiger charge is -2.06. The van der Waals surface area contributed by atoms with Gasteiger partial charge in [-0.25, -0.2) is 13.6 Å². The number of benzene rings is 1. The first-order chi connectivity index (χ1) is 8.50. The molecule has 0 bridgehead atoms. The number of aryl methyl sites for hydroxylation is 1. The number of hydrogen-bond acceptors (Lipinski definition) is 2. The molecular formula is C13H9F2NO2. The van der Waals surface area contributed by atoms with Crippen LogP contribution in [0.1, 0.15) is 15.9 Å². The first-order valence-corrected chi connectivity index (χ1v) is 5.14. The second kappa shape index (κ2) is 4.52. The van der Waals surface area contributed by atoms with Gasteiger partial charge in [0.05, 0.1) is 5.56 Å². The highest BCUT2D eigenvalue weighted by Crippen LogP contribution is 2.26. The number of pyridine rings is 1. The Hall–Kier alpha value is -2.30. The van der Waals surface area contributed by atoms with Gasteiger partial charge in [0.2, 0.25) is 0 Å². The van der Waals surface area contributed by atoms with E-state index in [0.29, 0.717) is 5.56 Å². The van der Waals surface area contributed by atoms with Gasteiger partial charge in [-0.15, -0.1) is 0 Å². The largest absolute Gasteiger partial charge is 0.478 e. The van der Waals surface area contributed by atoms with Crippen molar-refractivity contribution in [1.29, 1.82) is 0 Å². The van der Waals surface area contributed by atoms with E-state index < -0.39 is 23.2 Å². The zero-order valence-electron chi connectivity index (χ0n) is 9.45. The summed E-state index contributed by atoms with van der Waals surface area (Å²) in [5.41, 5.74) is 0.517. The molecule has 1 aromatic heterocycles. The fraction of sp³-hybridized carbons (Fsp3) is 0.0769. The Morgan fingerprint density at radius 1 is 1.22 bits per heavy atom. The molecule has 1 aromatic carbocycles. The number of carbonyl (C=O) groups is 1. The lowest BCUT2D eigenvalue weighted by Crippen LogP contribution is -2.04. The summed E-state index contributed by atoms with van der Waals surface area (Å²) in [6.07, 6.45) is 2.98. The van der Waals surface area contributed by atoms with Crippen molar-refractivity contribution in [1.82, 2.24) is 4.98 Å². The van der Waals surface area contributed by atoms with Gasteiger partial charge in [-0.05, 0) is 24.6 Å². The molecule has 0 saturated carbocycles. The third-order valence-electron chi connectivity index (χ3n) is 2.50. The maximum Gasteiger partial charge on any atom is 0.338 e. The highest BCUT2D eigenvalue weighted by molar-refractivity contribution is 5.88. The monoisotopic (exact) mass is 249 g/mol. The fourth-order valence-electron chi connectivity index (χ4n) is 1.64. The van der Waals surface area contributed by atoms with E-state index >= 15 is 0 Å². The summed E-state index contributed by atoms with van der Waals surface area (Å²) in [7, 11) is 0. The van der Waals surface area contributed by atoms with Gasteiger partial charge in [0.1, 0.15) is 0 Å². The van der Waals surface area contributed by atoms with Crippen molar-refractivity contribution in [3.63, 3.8) is 0 Å². The molecule has 2 aromatic rings. The molecule has 5 heteroatoms. The predicted octanol–water partition coefficient (Wildman–Crippen LogP) is 3.03. The Bertz CT molecular complexity index is 626. The van der Waals surface area contributed by atoms with Gasteiger partial charge in [-0.2, -0.15) is 0 Å². The maximum absolute atomic E-state index is 13.8. The third-order valence-corrected chi connectivity index (χ3v) is 2.50. The Balaban J connectivity index is 2.61. The summed E-state index contributed by atoms with van der Waals surface area (Å²) in [5, 5.41) is 8.68. The molecule has 0 unspecified atom stereocenters. The number of halogens is 2. The van der Waals surface area contributed by atoms with E-state index in [1.54, 1.807) is 19.2 Å². The molecule has 1 N–H and O–H groups in total. The highest BCUT2D eigenvalue weighted by Gasteiger charge is 2.18. The molecule has 0 radical (unpaired) electrons. The van der Waals surface area contributed by atoms with E-state index in [2.05, 4.69) is 4.98 Å². The molecule has 0 aliphatic carbocycles. The zero-order valence-corrected chi connectivity index (χ0v) is 9.45. The number of aromatic carboxylic acids is 1. The van der Waals surface area contributed by atoms with Crippen molar-refractivity contribution in [2.24, 2.45) is 0 Å². The molecule has 0 saturated heterocycles. The Morgan fingerprint density at radius 3 is 2.56 bits per heavy atom. The Labute approximate surface area is 102 Å². The van der Waals surface area contributed by atoms with Crippen molar-refractivity contribution >= 4 is 5.97 Å². The molecule has 18 heavy (non-hydrogen) atoms. The molecule has 0 amide bonds. The van der Waals surface area contributed by atoms with E-state index in [1.807, 2.05) is 0 Å². The van der Waals surface area contributed by atoms with Crippen LogP contribution in [0.3, 0.4) is 0 Å². The topological polar surface area (TPSA) is 50.2 Å². The summed E-state index contributed by atoms with van der Waals surface area (Å²) in [5.74, 6) is -4.04. The summed E-state index contributed by atoms with van der Waals surface area (Å²) in [6.45, 7) is 1.77. The SMILES string of the molecule is Cc1cncc(-c2ccc(C(=O)O)c(F)c2F)c1. The molecule has 2 rings (SSSR count). The zero-order chi connectivity index (χ0) is 13.3. The number of aromatic nitrogens is 1. The van der Waals surface area contributed by atoms with Crippen LogP contribution in [0.15, 0.2) is 30.6 Å². The van der Waals surface area contributed by atoms with Crippen molar-refractivity contribution < 1.29 is 18.7 Å². The second-order valence-electron chi connectivity index (χ2n) is 3.84. The predicted molar refractivity (Wildman–Crippen MR) is 61.3 cm³/mol. The van der Waals surface area contributed by atoms with Crippen LogP contribution in [0, 0.1) is 18.6 Å². The lowest BCUT2D eigenvalue weighted by atomic mass is 10.0. The average Bonchev–Trinajstić information content (AvgIpc) is 2.32. The smallest absolute Gasteiger partial charge is 0.338 e. The normalized spacial score (nSPS) is 10.4. The van der Waals surface area contributed by atoms with Gasteiger partial charge in [0, 0.05) is 23.5 Å². The number of nitrogens with zero attached hydrogens (tertiary/aromatic N) is 1. The molecule has 0 aliphatic heterocycles. The first kappa shape index (κ1) is 12.2. The van der Waals surface area contributed by atoms with Crippen molar-refractivity contribution in [3.05, 3.63) is 53.4 Å². The number of hydrogen-bond donors (Lipinski definition) is 1. The minimum Gasteiger partial charge on any atom is -0.478 e. The minimum atomic E-state index is -1.50. The van der Waals surface area contributed by atoms with Crippen LogP contribution in [0.5, 0.6) is 0 Å². The first-order valence-electron chi connectivity index (χ1n) is 5.14. The van der Waals surface area contributed by atoms with Crippen LogP contribution in [0.2, 0.25) is 0 Å². The fourth-order valence-corrected chi connectivity index (χ4v) is 1.64. The van der Waals surface area contributed by atoms with Crippen LogP contribution in [-0.2, 0) is 0 Å². The Kier molecular flexibility index (Phi) is 3.06. The minimum absolute atomic E-state index is 0.00583. The summed E-state index contributed by atoms with van der Waals surface area (Å²) >= 11 is 0. The van der Waals surface area contributed by atoms with Gasteiger partial charge in [0.25, 0.3) is 0 Å². The molecule has 0 atom stereocenters. The second-order valence-corrected chi connectivity index (χ2v) is 3.84. The number of carboxylic acids is 1. The quantitative estimate of drug-likeness (QED) is 0.889. The van der Waals surface area contributed by atoms with Gasteiger partial charge in [-0.3, -0.25) is 4.98 Å². The molecule has 92 valence electrons. The number of rotatable bonds is 2. The molecule has 0 spiro atoms. The van der Waals surface area contributed by atoms with Crippen LogP contribution in [0.25, 0.3) is 11.1 Å². The van der Waals surface area contributed by atoms with Crippen LogP contribution in [-0.4, -0.2) is 16.1 Å². The summed E-state index contributed by atoms with van der Waals surface area (Å²) in [6, 6.07) is 3.92. The van der Waals surface area contributed by atoms with Crippen molar-refractivity contribution in [2.45, 2.75) is 6.92 Å². The average molecular weight is 249 g/mol. The van der Waals surface area contributed by atoms with Gasteiger partial charge in [-0.1, -0.05) is 6.07 Å². The summed E-state index contributed by atoms with van der Waals surface area (Å²) < 4.78 is 27.3. The lowest BCUT2D eigenvalue weighted by molar-refractivity contribution is 0.0690. The van der Waals surface area contributed by atoms with Crippen LogP contribution >= 0.6 is 0 Å². The molecule has 3 nitrogen and oxygen atoms in total.